The van der Waals surface area contributed by atoms with E-state index in [2.05, 4.69) is 46.9 Å². The van der Waals surface area contributed by atoms with E-state index in [-0.39, 0.29) is 28.3 Å². The molecule has 4 atom stereocenters. The molecule has 2 aromatic carbocycles. The fourth-order valence-electron chi connectivity index (χ4n) is 7.14. The number of ether oxygens (including phenoxy) is 3. The average molecular weight is 732 g/mol. The van der Waals surface area contributed by atoms with Gasteiger partial charge in [0.2, 0.25) is 0 Å². The summed E-state index contributed by atoms with van der Waals surface area (Å²) in [6, 6.07) is 8.69. The van der Waals surface area contributed by atoms with Gasteiger partial charge in [0.05, 0.1) is 6.61 Å². The number of carbonyl (C=O) groups is 2. The van der Waals surface area contributed by atoms with Crippen LogP contribution in [0.1, 0.15) is 141 Å². The second-order valence-corrected chi connectivity index (χ2v) is 17.0. The van der Waals surface area contributed by atoms with Crippen LogP contribution in [0.25, 0.3) is 0 Å². The van der Waals surface area contributed by atoms with Gasteiger partial charge in [-0.15, -0.1) is 0 Å². The molecular formula is C43H73NO8. The van der Waals surface area contributed by atoms with Crippen LogP contribution in [0.3, 0.4) is 0 Å². The molecule has 0 aromatic heterocycles. The number of alkyl carbamates (subject to hydrolysis) is 1. The zero-order chi connectivity index (χ0) is 36.4. The summed E-state index contributed by atoms with van der Waals surface area (Å²) in [7, 11) is 0. The van der Waals surface area contributed by atoms with Gasteiger partial charge in [0.25, 0.3) is 0 Å². The zero-order valence-corrected chi connectivity index (χ0v) is 34.2. The summed E-state index contributed by atoms with van der Waals surface area (Å²) >= 11 is 0. The summed E-state index contributed by atoms with van der Waals surface area (Å²) in [5.74, 6) is 3.22. The number of hydrogen-bond donors (Lipinski definition) is 1. The number of rotatable bonds is 17. The summed E-state index contributed by atoms with van der Waals surface area (Å²) in [6.07, 6.45) is 12.3. The Morgan fingerprint density at radius 3 is 1.94 bits per heavy atom. The number of esters is 1. The van der Waals surface area contributed by atoms with Crippen molar-refractivity contribution in [3.05, 3.63) is 58.1 Å². The molecule has 9 nitrogen and oxygen atoms in total. The van der Waals surface area contributed by atoms with E-state index in [0.29, 0.717) is 12.4 Å². The highest BCUT2D eigenvalue weighted by molar-refractivity contribution is 5.84. The Morgan fingerprint density at radius 2 is 1.38 bits per heavy atom. The van der Waals surface area contributed by atoms with Gasteiger partial charge in [-0.05, 0) is 94.4 Å². The Kier molecular flexibility index (Phi) is 20.8. The molecule has 0 saturated heterocycles. The Balaban J connectivity index is 0.00000867. The van der Waals surface area contributed by atoms with E-state index in [1.165, 1.54) is 56.9 Å². The third kappa shape index (κ3) is 15.5. The van der Waals surface area contributed by atoms with Gasteiger partial charge in [0.1, 0.15) is 23.1 Å². The molecule has 298 valence electrons. The first-order valence-electron chi connectivity index (χ1n) is 19.0. The van der Waals surface area contributed by atoms with Crippen molar-refractivity contribution in [2.75, 3.05) is 6.61 Å². The largest absolute Gasteiger partial charge is 0.492 e. The van der Waals surface area contributed by atoms with E-state index >= 15 is 0 Å². The van der Waals surface area contributed by atoms with Crippen LogP contribution >= 0.6 is 0 Å². The van der Waals surface area contributed by atoms with Gasteiger partial charge >= 0.3 is 12.1 Å². The zero-order valence-electron chi connectivity index (χ0n) is 34.2. The first-order chi connectivity index (χ1) is 23.0. The monoisotopic (exact) mass is 732 g/mol. The van der Waals surface area contributed by atoms with Gasteiger partial charge in [0, 0.05) is 17.4 Å². The van der Waals surface area contributed by atoms with Crippen molar-refractivity contribution in [1.29, 1.82) is 0 Å². The molecule has 1 aliphatic rings. The van der Waals surface area contributed by atoms with Crippen LogP contribution in [-0.4, -0.2) is 46.7 Å². The second-order valence-electron chi connectivity index (χ2n) is 17.0. The van der Waals surface area contributed by atoms with Crippen molar-refractivity contribution >= 4 is 12.1 Å². The number of hydrogen-bond acceptors (Lipinski definition) is 5. The third-order valence-electron chi connectivity index (χ3n) is 10.3. The minimum atomic E-state index is -0.919. The molecule has 1 aliphatic heterocycles. The van der Waals surface area contributed by atoms with E-state index < -0.39 is 23.7 Å². The van der Waals surface area contributed by atoms with Crippen molar-refractivity contribution < 1.29 is 40.2 Å². The Hall–Kier alpha value is -3.14. The van der Waals surface area contributed by atoms with Gasteiger partial charge in [-0.1, -0.05) is 116 Å². The lowest BCUT2D eigenvalue weighted by Gasteiger charge is -2.37. The molecule has 0 aliphatic carbocycles. The molecule has 2 aromatic rings. The van der Waals surface area contributed by atoms with Crippen LogP contribution in [-0.2, 0) is 22.4 Å². The van der Waals surface area contributed by atoms with Crippen LogP contribution in [0.5, 0.6) is 11.5 Å². The van der Waals surface area contributed by atoms with E-state index in [9.17, 15) is 9.59 Å². The van der Waals surface area contributed by atoms with Crippen LogP contribution in [0, 0.1) is 43.9 Å². The van der Waals surface area contributed by atoms with Crippen LogP contribution in [0.4, 0.5) is 4.79 Å². The fraction of sp³-hybridized carbons (Fsp3) is 0.674. The van der Waals surface area contributed by atoms with Crippen molar-refractivity contribution in [2.24, 2.45) is 23.2 Å². The van der Waals surface area contributed by atoms with Gasteiger partial charge in [-0.25, -0.2) is 9.59 Å². The molecule has 7 N–H and O–H groups in total. The molecule has 52 heavy (non-hydrogen) atoms. The summed E-state index contributed by atoms with van der Waals surface area (Å²) in [4.78, 5) is 26.4. The Labute approximate surface area is 314 Å². The Bertz CT molecular complexity index is 1370. The van der Waals surface area contributed by atoms with Gasteiger partial charge in [-0.3, -0.25) is 0 Å². The summed E-state index contributed by atoms with van der Waals surface area (Å²) in [6.45, 7) is 24.0. The molecule has 0 fully saturated rings. The minimum Gasteiger partial charge on any atom is -0.492 e. The van der Waals surface area contributed by atoms with Crippen LogP contribution in [0.15, 0.2) is 30.3 Å². The Morgan fingerprint density at radius 1 is 0.827 bits per heavy atom. The second kappa shape index (κ2) is 22.2. The lowest BCUT2D eigenvalue weighted by molar-refractivity contribution is -0.136. The molecular weight excluding hydrogens is 658 g/mol. The molecule has 0 spiro atoms. The SMILES string of the molecule is Cc1c(C)c(OC(=O)[C@@H](Cc2ccccc2)NC(=O)OC(C)(C)C)c(C)c2c1CC(C)(CCCC(C)CCCC(C)CCCC(C)C)CO2.O.O.O. The molecule has 1 amide bonds. The fourth-order valence-corrected chi connectivity index (χ4v) is 7.14. The number of fused-ring (bicyclic) bond motifs is 1. The topological polar surface area (TPSA) is 168 Å². The first kappa shape index (κ1) is 48.9. The lowest BCUT2D eigenvalue weighted by Crippen LogP contribution is -2.46. The molecule has 0 radical (unpaired) electrons. The molecule has 1 heterocycles. The van der Waals surface area contributed by atoms with E-state index in [1.54, 1.807) is 20.8 Å². The maximum atomic E-state index is 13.7. The van der Waals surface area contributed by atoms with Gasteiger partial charge in [-0.2, -0.15) is 0 Å². The molecule has 3 unspecified atom stereocenters. The average Bonchev–Trinajstić information content (AvgIpc) is 3.01. The molecule has 0 saturated carbocycles. The minimum absolute atomic E-state index is 0. The highest BCUT2D eigenvalue weighted by Crippen LogP contribution is 2.46. The summed E-state index contributed by atoms with van der Waals surface area (Å²) in [5.41, 5.74) is 4.37. The maximum absolute atomic E-state index is 13.7. The summed E-state index contributed by atoms with van der Waals surface area (Å²) in [5, 5.41) is 2.76. The number of carbonyl (C=O) groups excluding carboxylic acids is 2. The number of benzene rings is 2. The standard InChI is InChI=1S/C43H67NO5.3H2O/c1-29(2)18-15-19-30(3)20-16-21-31(4)22-17-25-43(11)27-36-32(5)33(6)38(34(7)39(36)47-28-43)48-40(45)37(26-35-23-13-12-14-24-35)44-41(46)49-42(8,9)10;;;/h12-14,23-24,29-31,37H,15-22,25-28H2,1-11H3,(H,44,46);3*1H2/t30?,31?,37-,43?;;;/m1.../s1. The van der Waals surface area contributed by atoms with Crippen LogP contribution < -0.4 is 14.8 Å². The first-order valence-corrected chi connectivity index (χ1v) is 19.0. The normalized spacial score (nSPS) is 16.8. The smallest absolute Gasteiger partial charge is 0.408 e. The lowest BCUT2D eigenvalue weighted by atomic mass is 9.75. The van der Waals surface area contributed by atoms with Crippen molar-refractivity contribution in [3.63, 3.8) is 0 Å². The van der Waals surface area contributed by atoms with Gasteiger partial charge < -0.3 is 36.0 Å². The van der Waals surface area contributed by atoms with Crippen molar-refractivity contribution in [3.8, 4) is 11.5 Å². The third-order valence-corrected chi connectivity index (χ3v) is 10.3. The van der Waals surface area contributed by atoms with Gasteiger partial charge in [0.15, 0.2) is 0 Å². The van der Waals surface area contributed by atoms with E-state index in [0.717, 1.165) is 58.6 Å². The maximum Gasteiger partial charge on any atom is 0.408 e. The number of amides is 1. The number of nitrogens with one attached hydrogen (secondary N) is 1. The highest BCUT2D eigenvalue weighted by Gasteiger charge is 2.35. The predicted molar refractivity (Wildman–Crippen MR) is 212 cm³/mol. The molecule has 0 bridgehead atoms. The predicted octanol–water partition coefficient (Wildman–Crippen LogP) is 8.56. The van der Waals surface area contributed by atoms with Crippen molar-refractivity contribution in [2.45, 2.75) is 158 Å². The molecule has 3 rings (SSSR count). The van der Waals surface area contributed by atoms with Crippen LogP contribution in [0.2, 0.25) is 0 Å². The van der Waals surface area contributed by atoms with Crippen molar-refractivity contribution in [1.82, 2.24) is 5.32 Å². The van der Waals surface area contributed by atoms with E-state index in [1.807, 2.05) is 44.2 Å². The quantitative estimate of drug-likeness (QED) is 0.127. The summed E-state index contributed by atoms with van der Waals surface area (Å²) < 4.78 is 18.1. The molecule has 9 heteroatoms. The van der Waals surface area contributed by atoms with E-state index in [4.69, 9.17) is 14.2 Å². The highest BCUT2D eigenvalue weighted by atomic mass is 16.6.